The van der Waals surface area contributed by atoms with Gasteiger partial charge in [0.05, 0.1) is 6.04 Å². The van der Waals surface area contributed by atoms with Crippen molar-refractivity contribution < 1.29 is 4.79 Å². The van der Waals surface area contributed by atoms with Gasteiger partial charge in [0, 0.05) is 18.1 Å². The van der Waals surface area contributed by atoms with Gasteiger partial charge in [0.25, 0.3) is 0 Å². The van der Waals surface area contributed by atoms with Gasteiger partial charge < -0.3 is 11.1 Å². The second kappa shape index (κ2) is 6.21. The first-order valence-corrected chi connectivity index (χ1v) is 5.91. The summed E-state index contributed by atoms with van der Waals surface area (Å²) >= 11 is 0. The fourth-order valence-electron chi connectivity index (χ4n) is 1.28. The van der Waals surface area contributed by atoms with Crippen LogP contribution < -0.4 is 11.1 Å². The van der Waals surface area contributed by atoms with E-state index in [1.165, 1.54) is 0 Å². The molecule has 0 aromatic heterocycles. The lowest BCUT2D eigenvalue weighted by molar-refractivity contribution is -0.126. The van der Waals surface area contributed by atoms with Crippen LogP contribution in [0.5, 0.6) is 0 Å². The third kappa shape index (κ3) is 6.80. The Hall–Kier alpha value is -0.610. The Morgan fingerprint density at radius 3 is 2.25 bits per heavy atom. The summed E-state index contributed by atoms with van der Waals surface area (Å²) in [6.07, 6.45) is 0.906. The molecule has 2 unspecified atom stereocenters. The van der Waals surface area contributed by atoms with E-state index in [2.05, 4.69) is 5.32 Å². The highest BCUT2D eigenvalue weighted by Gasteiger charge is 2.22. The molecule has 0 saturated carbocycles. The molecule has 1 amide bonds. The lowest BCUT2D eigenvalue weighted by Crippen LogP contribution is -2.50. The molecule has 2 atom stereocenters. The summed E-state index contributed by atoms with van der Waals surface area (Å²) in [7, 11) is 1.95. The molecule has 96 valence electrons. The fraction of sp³-hybridized carbons (Fsp3) is 0.917. The van der Waals surface area contributed by atoms with Crippen LogP contribution in [0, 0.1) is 0 Å². The number of hydrogen-bond acceptors (Lipinski definition) is 3. The van der Waals surface area contributed by atoms with Gasteiger partial charge >= 0.3 is 0 Å². The van der Waals surface area contributed by atoms with Crippen molar-refractivity contribution in [2.45, 2.75) is 58.7 Å². The molecular formula is C12H27N3O. The molecule has 4 heteroatoms. The van der Waals surface area contributed by atoms with Crippen molar-refractivity contribution in [3.8, 4) is 0 Å². The molecular weight excluding hydrogens is 202 g/mol. The monoisotopic (exact) mass is 229 g/mol. The molecule has 0 aliphatic heterocycles. The maximum Gasteiger partial charge on any atom is 0.237 e. The molecule has 0 bridgehead atoms. The van der Waals surface area contributed by atoms with Gasteiger partial charge in [-0.25, -0.2) is 0 Å². The van der Waals surface area contributed by atoms with Crippen LogP contribution in [0.25, 0.3) is 0 Å². The largest absolute Gasteiger partial charge is 0.350 e. The first-order valence-electron chi connectivity index (χ1n) is 5.91. The minimum Gasteiger partial charge on any atom is -0.350 e. The number of nitrogens with zero attached hydrogens (tertiary/aromatic N) is 1. The molecule has 0 saturated heterocycles. The average Bonchev–Trinajstić information content (AvgIpc) is 2.10. The zero-order valence-electron chi connectivity index (χ0n) is 11.5. The number of likely N-dealkylation sites (N-methyl/N-ethyl adjacent to an activating group) is 1. The first-order chi connectivity index (χ1) is 7.13. The van der Waals surface area contributed by atoms with Crippen molar-refractivity contribution >= 4 is 5.91 Å². The quantitative estimate of drug-likeness (QED) is 0.738. The first kappa shape index (κ1) is 15.4. The molecule has 0 aliphatic rings. The van der Waals surface area contributed by atoms with Crippen molar-refractivity contribution in [2.75, 3.05) is 13.6 Å². The standard InChI is InChI=1S/C12H27N3O/c1-9(13)7-8-15(6)10(2)11(16)14-12(3,4)5/h9-10H,7-8,13H2,1-6H3,(H,14,16). The Morgan fingerprint density at radius 2 is 1.88 bits per heavy atom. The van der Waals surface area contributed by atoms with Gasteiger partial charge in [0.15, 0.2) is 0 Å². The van der Waals surface area contributed by atoms with Crippen molar-refractivity contribution in [3.63, 3.8) is 0 Å². The summed E-state index contributed by atoms with van der Waals surface area (Å²) < 4.78 is 0. The maximum atomic E-state index is 11.9. The van der Waals surface area contributed by atoms with Crippen molar-refractivity contribution in [1.29, 1.82) is 0 Å². The van der Waals surface area contributed by atoms with E-state index in [0.717, 1.165) is 13.0 Å². The van der Waals surface area contributed by atoms with E-state index < -0.39 is 0 Å². The SMILES string of the molecule is CC(N)CCN(C)C(C)C(=O)NC(C)(C)C. The molecule has 3 N–H and O–H groups in total. The van der Waals surface area contributed by atoms with E-state index >= 15 is 0 Å². The summed E-state index contributed by atoms with van der Waals surface area (Å²) in [5.41, 5.74) is 5.52. The summed E-state index contributed by atoms with van der Waals surface area (Å²) in [6.45, 7) is 10.7. The Morgan fingerprint density at radius 1 is 1.38 bits per heavy atom. The van der Waals surface area contributed by atoms with E-state index in [-0.39, 0.29) is 23.5 Å². The third-order valence-electron chi connectivity index (χ3n) is 2.48. The highest BCUT2D eigenvalue weighted by atomic mass is 16.2. The van der Waals surface area contributed by atoms with Crippen molar-refractivity contribution in [3.05, 3.63) is 0 Å². The minimum absolute atomic E-state index is 0.0691. The molecule has 16 heavy (non-hydrogen) atoms. The maximum absolute atomic E-state index is 11.9. The van der Waals surface area contributed by atoms with E-state index in [4.69, 9.17) is 5.73 Å². The topological polar surface area (TPSA) is 58.4 Å². The average molecular weight is 229 g/mol. The molecule has 0 rings (SSSR count). The van der Waals surface area contributed by atoms with E-state index in [1.54, 1.807) is 0 Å². The van der Waals surface area contributed by atoms with Gasteiger partial charge in [0.2, 0.25) is 5.91 Å². The third-order valence-corrected chi connectivity index (χ3v) is 2.48. The van der Waals surface area contributed by atoms with Crippen LogP contribution in [-0.4, -0.2) is 42.0 Å². The Balaban J connectivity index is 4.12. The molecule has 0 radical (unpaired) electrons. The lowest BCUT2D eigenvalue weighted by atomic mass is 10.1. The molecule has 0 aromatic carbocycles. The van der Waals surface area contributed by atoms with Crippen LogP contribution >= 0.6 is 0 Å². The minimum atomic E-state index is -0.173. The van der Waals surface area contributed by atoms with Gasteiger partial charge in [-0.1, -0.05) is 0 Å². The predicted octanol–water partition coefficient (Wildman–Crippen LogP) is 0.959. The molecule has 0 aliphatic carbocycles. The van der Waals surface area contributed by atoms with E-state index in [9.17, 15) is 4.79 Å². The fourth-order valence-corrected chi connectivity index (χ4v) is 1.28. The van der Waals surface area contributed by atoms with Gasteiger partial charge in [-0.15, -0.1) is 0 Å². The van der Waals surface area contributed by atoms with Crippen LogP contribution in [0.3, 0.4) is 0 Å². The van der Waals surface area contributed by atoms with Crippen LogP contribution in [-0.2, 0) is 4.79 Å². The van der Waals surface area contributed by atoms with Gasteiger partial charge in [-0.2, -0.15) is 0 Å². The van der Waals surface area contributed by atoms with E-state index in [0.29, 0.717) is 0 Å². The zero-order chi connectivity index (χ0) is 12.9. The van der Waals surface area contributed by atoms with Crippen LogP contribution in [0.1, 0.15) is 41.0 Å². The zero-order valence-corrected chi connectivity index (χ0v) is 11.5. The molecule has 4 nitrogen and oxygen atoms in total. The Bertz CT molecular complexity index is 221. The number of amides is 1. The molecule has 0 aromatic rings. The smallest absolute Gasteiger partial charge is 0.237 e. The number of nitrogens with two attached hydrogens (primary N) is 1. The molecule has 0 fully saturated rings. The van der Waals surface area contributed by atoms with Crippen molar-refractivity contribution in [1.82, 2.24) is 10.2 Å². The van der Waals surface area contributed by atoms with Crippen LogP contribution in [0.15, 0.2) is 0 Å². The summed E-state index contributed by atoms with van der Waals surface area (Å²) in [5, 5.41) is 2.98. The Labute approximate surface area is 99.6 Å². The summed E-state index contributed by atoms with van der Waals surface area (Å²) in [5.74, 6) is 0.0691. The van der Waals surface area contributed by atoms with Crippen molar-refractivity contribution in [2.24, 2.45) is 5.73 Å². The second-order valence-corrected chi connectivity index (χ2v) is 5.66. The number of carbonyl (C=O) groups excluding carboxylic acids is 1. The number of rotatable bonds is 5. The number of carbonyl (C=O) groups is 1. The van der Waals surface area contributed by atoms with Gasteiger partial charge in [-0.05, 0) is 48.1 Å². The summed E-state index contributed by atoms with van der Waals surface area (Å²) in [4.78, 5) is 13.9. The lowest BCUT2D eigenvalue weighted by Gasteiger charge is -2.28. The Kier molecular flexibility index (Phi) is 5.97. The normalized spacial score (nSPS) is 16.0. The summed E-state index contributed by atoms with van der Waals surface area (Å²) in [6, 6.07) is 0.0679. The molecule has 0 spiro atoms. The van der Waals surface area contributed by atoms with Gasteiger partial charge in [0.1, 0.15) is 0 Å². The van der Waals surface area contributed by atoms with Crippen LogP contribution in [0.4, 0.5) is 0 Å². The number of hydrogen-bond donors (Lipinski definition) is 2. The van der Waals surface area contributed by atoms with Gasteiger partial charge in [-0.3, -0.25) is 9.69 Å². The second-order valence-electron chi connectivity index (χ2n) is 5.66. The van der Waals surface area contributed by atoms with E-state index in [1.807, 2.05) is 46.6 Å². The number of nitrogens with one attached hydrogen (secondary N) is 1. The highest BCUT2D eigenvalue weighted by molar-refractivity contribution is 5.81. The van der Waals surface area contributed by atoms with Crippen LogP contribution in [0.2, 0.25) is 0 Å². The highest BCUT2D eigenvalue weighted by Crippen LogP contribution is 2.03. The molecule has 0 heterocycles. The predicted molar refractivity (Wildman–Crippen MR) is 68.3 cm³/mol.